The number of hydrogen-bond acceptors (Lipinski definition) is 3. The molecule has 0 saturated carbocycles. The van der Waals surface area contributed by atoms with Gasteiger partial charge in [-0.05, 0) is 19.5 Å². The molecule has 4 heteroatoms. The summed E-state index contributed by atoms with van der Waals surface area (Å²) in [5.74, 6) is 0.670. The summed E-state index contributed by atoms with van der Waals surface area (Å²) in [5, 5.41) is 3.73. The molecule has 0 amide bonds. The first-order chi connectivity index (χ1) is 9.27. The molecule has 0 atom stereocenters. The maximum absolute atomic E-state index is 6.05. The van der Waals surface area contributed by atoms with Crippen LogP contribution in [0, 0.1) is 0 Å². The zero-order chi connectivity index (χ0) is 13.9. The summed E-state index contributed by atoms with van der Waals surface area (Å²) in [4.78, 5) is 4.39. The normalized spacial score (nSPS) is 10.7. The average Bonchev–Trinajstić information content (AvgIpc) is 2.41. The Hall–Kier alpha value is -0.800. The predicted molar refractivity (Wildman–Crippen MR) is 80.9 cm³/mol. The second-order valence-corrected chi connectivity index (χ2v) is 5.13. The predicted octanol–water partition coefficient (Wildman–Crippen LogP) is 4.19. The summed E-state index contributed by atoms with van der Waals surface area (Å²) in [6, 6.07) is 3.68. The van der Waals surface area contributed by atoms with Crippen molar-refractivity contribution in [2.24, 2.45) is 0 Å². The van der Waals surface area contributed by atoms with Gasteiger partial charge in [-0.1, -0.05) is 50.6 Å². The van der Waals surface area contributed by atoms with Crippen LogP contribution in [0.1, 0.15) is 51.1 Å². The zero-order valence-electron chi connectivity index (χ0n) is 12.0. The molecule has 0 aromatic carbocycles. The Bertz CT molecular complexity index is 358. The zero-order valence-corrected chi connectivity index (χ0v) is 12.8. The van der Waals surface area contributed by atoms with E-state index in [4.69, 9.17) is 16.3 Å². The van der Waals surface area contributed by atoms with Gasteiger partial charge in [0.1, 0.15) is 0 Å². The van der Waals surface area contributed by atoms with Gasteiger partial charge in [0.2, 0.25) is 5.88 Å². The molecule has 0 aliphatic carbocycles. The summed E-state index contributed by atoms with van der Waals surface area (Å²) in [6.07, 6.45) is 7.59. The fourth-order valence-electron chi connectivity index (χ4n) is 1.90. The molecular formula is C15H25ClN2O. The first-order valence-corrected chi connectivity index (χ1v) is 7.58. The van der Waals surface area contributed by atoms with E-state index in [2.05, 4.69) is 17.2 Å². The van der Waals surface area contributed by atoms with Gasteiger partial charge in [-0.3, -0.25) is 0 Å². The molecule has 1 N–H and O–H groups in total. The van der Waals surface area contributed by atoms with Crippen molar-refractivity contribution in [2.45, 2.75) is 52.0 Å². The van der Waals surface area contributed by atoms with Crippen LogP contribution in [0.3, 0.4) is 0 Å². The number of nitrogens with zero attached hydrogens (tertiary/aromatic N) is 1. The minimum absolute atomic E-state index is 0.660. The van der Waals surface area contributed by atoms with Gasteiger partial charge in [-0.15, -0.1) is 0 Å². The van der Waals surface area contributed by atoms with Gasteiger partial charge in [0, 0.05) is 12.6 Å². The lowest BCUT2D eigenvalue weighted by atomic mass is 10.1. The number of rotatable bonds is 10. The highest BCUT2D eigenvalue weighted by atomic mass is 35.5. The van der Waals surface area contributed by atoms with Crippen LogP contribution in [0.25, 0.3) is 0 Å². The second-order valence-electron chi connectivity index (χ2n) is 4.72. The van der Waals surface area contributed by atoms with E-state index in [1.54, 1.807) is 0 Å². The number of nitrogens with one attached hydrogen (secondary N) is 1. The van der Waals surface area contributed by atoms with Crippen LogP contribution >= 0.6 is 11.6 Å². The van der Waals surface area contributed by atoms with E-state index in [0.717, 1.165) is 18.7 Å². The number of halogens is 1. The van der Waals surface area contributed by atoms with Crippen molar-refractivity contribution in [3.63, 3.8) is 0 Å². The first kappa shape index (κ1) is 16.3. The van der Waals surface area contributed by atoms with Gasteiger partial charge >= 0.3 is 0 Å². The average molecular weight is 285 g/mol. The standard InChI is InChI=1S/C15H25ClN2O/c1-3-4-5-6-7-8-11-19-15-10-9-13(16)14(18-15)12-17-2/h9-10,17H,3-8,11-12H2,1-2H3. The third kappa shape index (κ3) is 6.79. The quantitative estimate of drug-likeness (QED) is 0.654. The minimum Gasteiger partial charge on any atom is -0.478 e. The number of unbranched alkanes of at least 4 members (excludes halogenated alkanes) is 5. The van der Waals surface area contributed by atoms with Crippen LogP contribution in [-0.2, 0) is 6.54 Å². The maximum atomic E-state index is 6.05. The third-order valence-corrected chi connectivity index (χ3v) is 3.33. The highest BCUT2D eigenvalue weighted by molar-refractivity contribution is 6.31. The number of aromatic nitrogens is 1. The first-order valence-electron chi connectivity index (χ1n) is 7.20. The molecule has 0 aliphatic rings. The highest BCUT2D eigenvalue weighted by Gasteiger charge is 2.03. The molecule has 1 heterocycles. The molecule has 1 aromatic rings. The molecule has 1 rings (SSSR count). The van der Waals surface area contributed by atoms with Gasteiger partial charge in [-0.25, -0.2) is 4.98 Å². The van der Waals surface area contributed by atoms with Gasteiger partial charge in [0.15, 0.2) is 0 Å². The van der Waals surface area contributed by atoms with Crippen molar-refractivity contribution in [1.29, 1.82) is 0 Å². The van der Waals surface area contributed by atoms with Crippen molar-refractivity contribution in [1.82, 2.24) is 10.3 Å². The number of pyridine rings is 1. The summed E-state index contributed by atoms with van der Waals surface area (Å²) in [7, 11) is 1.88. The fraction of sp³-hybridized carbons (Fsp3) is 0.667. The summed E-state index contributed by atoms with van der Waals surface area (Å²) < 4.78 is 5.66. The van der Waals surface area contributed by atoms with Crippen molar-refractivity contribution in [3.8, 4) is 5.88 Å². The highest BCUT2D eigenvalue weighted by Crippen LogP contribution is 2.18. The molecule has 19 heavy (non-hydrogen) atoms. The molecule has 0 aliphatic heterocycles. The molecule has 0 bridgehead atoms. The molecule has 0 radical (unpaired) electrons. The molecule has 1 aromatic heterocycles. The van der Waals surface area contributed by atoms with E-state index in [0.29, 0.717) is 17.4 Å². The third-order valence-electron chi connectivity index (χ3n) is 2.99. The Morgan fingerprint density at radius 1 is 1.16 bits per heavy atom. The maximum Gasteiger partial charge on any atom is 0.213 e. The number of hydrogen-bond donors (Lipinski definition) is 1. The summed E-state index contributed by atoms with van der Waals surface area (Å²) in [5.41, 5.74) is 0.838. The van der Waals surface area contributed by atoms with E-state index in [-0.39, 0.29) is 0 Å². The SMILES string of the molecule is CCCCCCCCOc1ccc(Cl)c(CNC)n1. The van der Waals surface area contributed by atoms with Crippen LogP contribution in [0.15, 0.2) is 12.1 Å². The largest absolute Gasteiger partial charge is 0.478 e. The Kier molecular flexibility index (Phi) is 8.59. The molecule has 3 nitrogen and oxygen atoms in total. The molecule has 108 valence electrons. The molecule has 0 saturated heterocycles. The van der Waals surface area contributed by atoms with Crippen LogP contribution < -0.4 is 10.1 Å². The van der Waals surface area contributed by atoms with E-state index in [1.165, 1.54) is 32.1 Å². The topological polar surface area (TPSA) is 34.1 Å². The van der Waals surface area contributed by atoms with Gasteiger partial charge in [0.05, 0.1) is 17.3 Å². The molecule has 0 spiro atoms. The second kappa shape index (κ2) is 10.0. The summed E-state index contributed by atoms with van der Waals surface area (Å²) >= 11 is 6.05. The van der Waals surface area contributed by atoms with Gasteiger partial charge < -0.3 is 10.1 Å². The van der Waals surface area contributed by atoms with Crippen LogP contribution in [0.2, 0.25) is 5.02 Å². The van der Waals surface area contributed by atoms with E-state index in [9.17, 15) is 0 Å². The molecular weight excluding hydrogens is 260 g/mol. The van der Waals surface area contributed by atoms with Crippen molar-refractivity contribution < 1.29 is 4.74 Å². The number of ether oxygens (including phenoxy) is 1. The van der Waals surface area contributed by atoms with Crippen molar-refractivity contribution in [2.75, 3.05) is 13.7 Å². The monoisotopic (exact) mass is 284 g/mol. The van der Waals surface area contributed by atoms with Crippen molar-refractivity contribution >= 4 is 11.6 Å². The Morgan fingerprint density at radius 2 is 1.89 bits per heavy atom. The van der Waals surface area contributed by atoms with Gasteiger partial charge in [0.25, 0.3) is 0 Å². The van der Waals surface area contributed by atoms with Crippen LogP contribution in [0.4, 0.5) is 0 Å². The fourth-order valence-corrected chi connectivity index (χ4v) is 2.07. The lowest BCUT2D eigenvalue weighted by molar-refractivity contribution is 0.292. The minimum atomic E-state index is 0.660. The Morgan fingerprint density at radius 3 is 2.63 bits per heavy atom. The van der Waals surface area contributed by atoms with Gasteiger partial charge in [-0.2, -0.15) is 0 Å². The lowest BCUT2D eigenvalue weighted by Crippen LogP contribution is -2.08. The Balaban J connectivity index is 2.23. The van der Waals surface area contributed by atoms with E-state index < -0.39 is 0 Å². The van der Waals surface area contributed by atoms with Crippen LogP contribution in [-0.4, -0.2) is 18.6 Å². The smallest absolute Gasteiger partial charge is 0.213 e. The van der Waals surface area contributed by atoms with E-state index >= 15 is 0 Å². The van der Waals surface area contributed by atoms with Crippen molar-refractivity contribution in [3.05, 3.63) is 22.8 Å². The molecule has 0 unspecified atom stereocenters. The lowest BCUT2D eigenvalue weighted by Gasteiger charge is -2.08. The van der Waals surface area contributed by atoms with Crippen LogP contribution in [0.5, 0.6) is 5.88 Å². The molecule has 0 fully saturated rings. The summed E-state index contributed by atoms with van der Waals surface area (Å²) in [6.45, 7) is 3.63. The van der Waals surface area contributed by atoms with E-state index in [1.807, 2.05) is 19.2 Å². The Labute approximate surface area is 121 Å².